The number of carbonyl (C=O) groups is 1. The van der Waals surface area contributed by atoms with Crippen molar-refractivity contribution in [2.45, 2.75) is 70.0 Å². The third kappa shape index (κ3) is 3.53. The molecule has 20 heavy (non-hydrogen) atoms. The van der Waals surface area contributed by atoms with E-state index in [9.17, 15) is 4.79 Å². The van der Waals surface area contributed by atoms with Gasteiger partial charge in [-0.2, -0.15) is 0 Å². The van der Waals surface area contributed by atoms with Crippen LogP contribution in [0.25, 0.3) is 0 Å². The molecule has 0 radical (unpaired) electrons. The first-order valence-corrected chi connectivity index (χ1v) is 8.51. The van der Waals surface area contributed by atoms with Crippen molar-refractivity contribution in [2.75, 3.05) is 26.2 Å². The zero-order valence-corrected chi connectivity index (χ0v) is 12.8. The Bertz CT molecular complexity index is 337. The molecule has 1 aliphatic carbocycles. The van der Waals surface area contributed by atoms with E-state index in [1.807, 2.05) is 0 Å². The molecule has 4 heteroatoms. The van der Waals surface area contributed by atoms with Crippen LogP contribution in [0.3, 0.4) is 0 Å². The van der Waals surface area contributed by atoms with Gasteiger partial charge < -0.3 is 10.2 Å². The molecule has 0 aromatic carbocycles. The molecule has 2 heterocycles. The van der Waals surface area contributed by atoms with E-state index < -0.39 is 0 Å². The van der Waals surface area contributed by atoms with Crippen LogP contribution in [-0.2, 0) is 4.79 Å². The van der Waals surface area contributed by atoms with E-state index in [1.54, 1.807) is 0 Å². The molecular weight excluding hydrogens is 250 g/mol. The van der Waals surface area contributed by atoms with Gasteiger partial charge in [0.2, 0.25) is 5.91 Å². The Morgan fingerprint density at radius 3 is 2.70 bits per heavy atom. The molecule has 2 saturated heterocycles. The summed E-state index contributed by atoms with van der Waals surface area (Å²) in [7, 11) is 0. The molecule has 2 aliphatic heterocycles. The Morgan fingerprint density at radius 2 is 2.05 bits per heavy atom. The van der Waals surface area contributed by atoms with Crippen molar-refractivity contribution in [2.24, 2.45) is 0 Å². The van der Waals surface area contributed by atoms with Crippen molar-refractivity contribution >= 4 is 5.91 Å². The Balaban J connectivity index is 1.53. The number of rotatable bonds is 5. The van der Waals surface area contributed by atoms with Crippen molar-refractivity contribution < 1.29 is 4.79 Å². The Hall–Kier alpha value is -0.610. The minimum Gasteiger partial charge on any atom is -0.339 e. The number of hydrogen-bond acceptors (Lipinski definition) is 3. The van der Waals surface area contributed by atoms with Gasteiger partial charge in [-0.05, 0) is 58.4 Å². The summed E-state index contributed by atoms with van der Waals surface area (Å²) in [6.07, 6.45) is 8.79. The number of nitrogens with zero attached hydrogens (tertiary/aromatic N) is 2. The zero-order valence-electron chi connectivity index (χ0n) is 12.8. The minimum absolute atomic E-state index is 0.363. The van der Waals surface area contributed by atoms with Gasteiger partial charge in [-0.1, -0.05) is 0 Å². The number of nitrogens with one attached hydrogen (secondary N) is 1. The third-order valence-electron chi connectivity index (χ3n) is 5.14. The third-order valence-corrected chi connectivity index (χ3v) is 5.14. The molecule has 4 nitrogen and oxygen atoms in total. The second-order valence-electron chi connectivity index (χ2n) is 6.89. The first kappa shape index (κ1) is 14.3. The number of carbonyl (C=O) groups excluding carboxylic acids is 1. The lowest BCUT2D eigenvalue weighted by molar-refractivity contribution is -0.135. The second kappa shape index (κ2) is 6.44. The molecule has 1 saturated carbocycles. The number of piperidine rings is 1. The summed E-state index contributed by atoms with van der Waals surface area (Å²) in [5, 5.41) is 3.56. The summed E-state index contributed by atoms with van der Waals surface area (Å²) in [4.78, 5) is 17.2. The zero-order chi connectivity index (χ0) is 13.9. The lowest BCUT2D eigenvalue weighted by atomic mass is 10.0. The van der Waals surface area contributed by atoms with Crippen molar-refractivity contribution in [3.63, 3.8) is 0 Å². The topological polar surface area (TPSA) is 35.6 Å². The largest absolute Gasteiger partial charge is 0.339 e. The highest BCUT2D eigenvalue weighted by Gasteiger charge is 2.34. The summed E-state index contributed by atoms with van der Waals surface area (Å²) in [6, 6.07) is 1.74. The van der Waals surface area contributed by atoms with Gasteiger partial charge in [0.1, 0.15) is 0 Å². The lowest BCUT2D eigenvalue weighted by Gasteiger charge is -2.35. The van der Waals surface area contributed by atoms with Gasteiger partial charge in [-0.3, -0.25) is 9.69 Å². The van der Waals surface area contributed by atoms with Crippen molar-refractivity contribution in [3.8, 4) is 0 Å². The molecular formula is C16H29N3O. The highest BCUT2D eigenvalue weighted by atomic mass is 16.2. The highest BCUT2D eigenvalue weighted by Crippen LogP contribution is 2.28. The molecule has 0 bridgehead atoms. The van der Waals surface area contributed by atoms with Gasteiger partial charge >= 0.3 is 0 Å². The van der Waals surface area contributed by atoms with Crippen LogP contribution in [-0.4, -0.2) is 60.0 Å². The maximum absolute atomic E-state index is 12.6. The van der Waals surface area contributed by atoms with Gasteiger partial charge in [0.25, 0.3) is 0 Å². The molecule has 3 rings (SSSR count). The summed E-state index contributed by atoms with van der Waals surface area (Å²) in [6.45, 7) is 6.04. The van der Waals surface area contributed by atoms with Crippen molar-refractivity contribution in [1.29, 1.82) is 0 Å². The van der Waals surface area contributed by atoms with E-state index in [4.69, 9.17) is 0 Å². The highest BCUT2D eigenvalue weighted by molar-refractivity contribution is 5.78. The van der Waals surface area contributed by atoms with Crippen LogP contribution < -0.4 is 5.32 Å². The first-order chi connectivity index (χ1) is 9.74. The Labute approximate surface area is 122 Å². The molecule has 3 aliphatic rings. The average molecular weight is 279 g/mol. The maximum Gasteiger partial charge on any atom is 0.236 e. The van der Waals surface area contributed by atoms with Crippen molar-refractivity contribution in [3.05, 3.63) is 0 Å². The second-order valence-corrected chi connectivity index (χ2v) is 6.89. The SMILES string of the molecule is CC1CCCCN1C(=O)CN(CC1CCCN1)C1CC1. The van der Waals surface area contributed by atoms with Crippen LogP contribution >= 0.6 is 0 Å². The van der Waals surface area contributed by atoms with E-state index in [1.165, 1.54) is 44.9 Å². The summed E-state index contributed by atoms with van der Waals surface area (Å²) < 4.78 is 0. The number of likely N-dealkylation sites (tertiary alicyclic amines) is 1. The van der Waals surface area contributed by atoms with Crippen LogP contribution in [0, 0.1) is 0 Å². The molecule has 2 unspecified atom stereocenters. The monoisotopic (exact) mass is 279 g/mol. The maximum atomic E-state index is 12.6. The standard InChI is InChI=1S/C16H29N3O/c1-13-5-2-3-10-19(13)16(20)12-18(15-7-8-15)11-14-6-4-9-17-14/h13-15,17H,2-12H2,1H3. The molecule has 1 amide bonds. The smallest absolute Gasteiger partial charge is 0.236 e. The van der Waals surface area contributed by atoms with Gasteiger partial charge in [0, 0.05) is 31.2 Å². The Morgan fingerprint density at radius 1 is 1.20 bits per heavy atom. The molecule has 2 atom stereocenters. The molecule has 0 aromatic heterocycles. The van der Waals surface area contributed by atoms with Gasteiger partial charge in [-0.15, -0.1) is 0 Å². The van der Waals surface area contributed by atoms with Gasteiger partial charge in [0.05, 0.1) is 6.54 Å². The van der Waals surface area contributed by atoms with E-state index >= 15 is 0 Å². The fourth-order valence-electron chi connectivity index (χ4n) is 3.71. The lowest BCUT2D eigenvalue weighted by Crippen LogP contribution is -2.49. The molecule has 1 N–H and O–H groups in total. The normalized spacial score (nSPS) is 31.0. The van der Waals surface area contributed by atoms with E-state index in [0.29, 0.717) is 30.6 Å². The molecule has 3 fully saturated rings. The number of hydrogen-bond donors (Lipinski definition) is 1. The fourth-order valence-corrected chi connectivity index (χ4v) is 3.71. The molecule has 0 aromatic rings. The van der Waals surface area contributed by atoms with E-state index in [0.717, 1.165) is 19.6 Å². The predicted octanol–water partition coefficient (Wildman–Crippen LogP) is 1.60. The fraction of sp³-hybridized carbons (Fsp3) is 0.938. The van der Waals surface area contributed by atoms with Gasteiger partial charge in [-0.25, -0.2) is 0 Å². The van der Waals surface area contributed by atoms with E-state index in [2.05, 4.69) is 22.0 Å². The van der Waals surface area contributed by atoms with Crippen LogP contribution in [0.1, 0.15) is 51.9 Å². The average Bonchev–Trinajstić information content (AvgIpc) is 3.17. The number of amides is 1. The quantitative estimate of drug-likeness (QED) is 0.830. The predicted molar refractivity (Wildman–Crippen MR) is 80.6 cm³/mol. The van der Waals surface area contributed by atoms with E-state index in [-0.39, 0.29) is 0 Å². The van der Waals surface area contributed by atoms with Crippen LogP contribution in [0.4, 0.5) is 0 Å². The first-order valence-electron chi connectivity index (χ1n) is 8.51. The summed E-state index contributed by atoms with van der Waals surface area (Å²) >= 11 is 0. The summed E-state index contributed by atoms with van der Waals surface area (Å²) in [5.74, 6) is 0.363. The Kier molecular flexibility index (Phi) is 4.61. The van der Waals surface area contributed by atoms with Crippen molar-refractivity contribution in [1.82, 2.24) is 15.1 Å². The molecule has 114 valence electrons. The summed E-state index contributed by atoms with van der Waals surface area (Å²) in [5.41, 5.74) is 0. The molecule has 0 spiro atoms. The van der Waals surface area contributed by atoms with Crippen LogP contribution in [0.2, 0.25) is 0 Å². The van der Waals surface area contributed by atoms with Gasteiger partial charge in [0.15, 0.2) is 0 Å². The minimum atomic E-state index is 0.363. The van der Waals surface area contributed by atoms with Crippen LogP contribution in [0.15, 0.2) is 0 Å². The van der Waals surface area contributed by atoms with Crippen LogP contribution in [0.5, 0.6) is 0 Å².